The predicted octanol–water partition coefficient (Wildman–Crippen LogP) is 0.0369. The van der Waals surface area contributed by atoms with E-state index in [1.165, 1.54) is 0 Å². The third kappa shape index (κ3) is 4.77. The van der Waals surface area contributed by atoms with E-state index in [4.69, 9.17) is 0 Å². The van der Waals surface area contributed by atoms with Gasteiger partial charge in [0.05, 0.1) is 11.4 Å². The first-order chi connectivity index (χ1) is 9.05. The Labute approximate surface area is 114 Å². The first-order valence-corrected chi connectivity index (χ1v) is 8.07. The summed E-state index contributed by atoms with van der Waals surface area (Å²) in [7, 11) is -3.29. The van der Waals surface area contributed by atoms with E-state index < -0.39 is 10.0 Å². The molecule has 6 nitrogen and oxygen atoms in total. The maximum atomic E-state index is 12.0. The van der Waals surface area contributed by atoms with Crippen LogP contribution in [0.1, 0.15) is 5.69 Å². The number of aromatic nitrogens is 1. The van der Waals surface area contributed by atoms with Gasteiger partial charge < -0.3 is 5.32 Å². The number of hydrogen-bond donors (Lipinski definition) is 2. The Balaban J connectivity index is 1.87. The largest absolute Gasteiger partial charge is 0.314 e. The normalized spacial score (nSPS) is 17.3. The molecule has 1 saturated heterocycles. The summed E-state index contributed by atoms with van der Waals surface area (Å²) < 4.78 is 26.5. The molecule has 0 amide bonds. The van der Waals surface area contributed by atoms with E-state index in [0.29, 0.717) is 12.2 Å². The number of pyridine rings is 1. The monoisotopic (exact) mass is 284 g/mol. The minimum Gasteiger partial charge on any atom is -0.314 e. The highest BCUT2D eigenvalue weighted by Crippen LogP contribution is 2.09. The highest BCUT2D eigenvalue weighted by atomic mass is 32.2. The van der Waals surface area contributed by atoms with Crippen LogP contribution in [0.4, 0.5) is 5.69 Å². The van der Waals surface area contributed by atoms with Crippen molar-refractivity contribution in [2.24, 2.45) is 0 Å². The van der Waals surface area contributed by atoms with Gasteiger partial charge in [0, 0.05) is 44.6 Å². The minimum atomic E-state index is -3.29. The Kier molecular flexibility index (Phi) is 4.73. The summed E-state index contributed by atoms with van der Waals surface area (Å²) in [5.74, 6) is 0.119. The third-order valence-corrected chi connectivity index (χ3v) is 4.32. The van der Waals surface area contributed by atoms with Gasteiger partial charge >= 0.3 is 0 Å². The maximum absolute atomic E-state index is 12.0. The van der Waals surface area contributed by atoms with Crippen LogP contribution in [-0.4, -0.2) is 56.8 Å². The molecule has 7 heteroatoms. The maximum Gasteiger partial charge on any atom is 0.233 e. The van der Waals surface area contributed by atoms with Gasteiger partial charge in [-0.15, -0.1) is 0 Å². The van der Waals surface area contributed by atoms with Crippen LogP contribution in [0.25, 0.3) is 0 Å². The van der Waals surface area contributed by atoms with Gasteiger partial charge in [0.1, 0.15) is 0 Å². The van der Waals surface area contributed by atoms with Crippen molar-refractivity contribution in [3.63, 3.8) is 0 Å². The fraction of sp³-hybridized carbons (Fsp3) is 0.583. The Morgan fingerprint density at radius 2 is 2.16 bits per heavy atom. The van der Waals surface area contributed by atoms with Crippen molar-refractivity contribution in [1.29, 1.82) is 0 Å². The smallest absolute Gasteiger partial charge is 0.233 e. The molecule has 0 spiro atoms. The van der Waals surface area contributed by atoms with Crippen LogP contribution in [0.15, 0.2) is 18.3 Å². The van der Waals surface area contributed by atoms with Crippen molar-refractivity contribution in [1.82, 2.24) is 15.2 Å². The van der Waals surface area contributed by atoms with Crippen LogP contribution >= 0.6 is 0 Å². The van der Waals surface area contributed by atoms with Gasteiger partial charge in [-0.25, -0.2) is 8.42 Å². The quantitative estimate of drug-likeness (QED) is 0.798. The molecule has 1 aromatic rings. The van der Waals surface area contributed by atoms with Crippen molar-refractivity contribution in [3.8, 4) is 0 Å². The molecule has 0 aromatic carbocycles. The number of nitrogens with zero attached hydrogens (tertiary/aromatic N) is 2. The van der Waals surface area contributed by atoms with Crippen LogP contribution in [-0.2, 0) is 10.0 Å². The molecule has 1 aliphatic heterocycles. The number of anilines is 1. The Morgan fingerprint density at radius 3 is 2.84 bits per heavy atom. The molecule has 19 heavy (non-hydrogen) atoms. The van der Waals surface area contributed by atoms with Crippen LogP contribution in [0.2, 0.25) is 0 Å². The zero-order valence-electron chi connectivity index (χ0n) is 11.1. The molecule has 2 N–H and O–H groups in total. The molecule has 0 atom stereocenters. The lowest BCUT2D eigenvalue weighted by molar-refractivity contribution is 0.254. The Morgan fingerprint density at radius 1 is 1.42 bits per heavy atom. The second-order valence-electron chi connectivity index (χ2n) is 4.70. The second kappa shape index (κ2) is 6.31. The average molecular weight is 284 g/mol. The molecule has 0 radical (unpaired) electrons. The van der Waals surface area contributed by atoms with E-state index >= 15 is 0 Å². The summed E-state index contributed by atoms with van der Waals surface area (Å²) >= 11 is 0. The van der Waals surface area contributed by atoms with Crippen LogP contribution in [0.3, 0.4) is 0 Å². The van der Waals surface area contributed by atoms with E-state index in [2.05, 4.69) is 19.9 Å². The molecule has 0 saturated carbocycles. The van der Waals surface area contributed by atoms with Crippen molar-refractivity contribution in [2.45, 2.75) is 6.92 Å². The molecule has 2 heterocycles. The minimum absolute atomic E-state index is 0.119. The standard InChI is InChI=1S/C12H20N4O2S/c1-11-10-12(2-3-14-11)15-19(17,18)9-8-16-6-4-13-5-7-16/h2-3,10,13H,4-9H2,1H3,(H,14,15). The summed E-state index contributed by atoms with van der Waals surface area (Å²) in [6.45, 7) is 6.07. The molecule has 0 aliphatic carbocycles. The fourth-order valence-electron chi connectivity index (χ4n) is 2.02. The van der Waals surface area contributed by atoms with Gasteiger partial charge in [-0.05, 0) is 19.1 Å². The van der Waals surface area contributed by atoms with Crippen molar-refractivity contribution < 1.29 is 8.42 Å². The lowest BCUT2D eigenvalue weighted by Crippen LogP contribution is -2.45. The van der Waals surface area contributed by atoms with Crippen molar-refractivity contribution in [2.75, 3.05) is 43.2 Å². The van der Waals surface area contributed by atoms with E-state index in [1.54, 1.807) is 18.3 Å². The molecule has 1 aliphatic rings. The first-order valence-electron chi connectivity index (χ1n) is 6.41. The van der Waals surface area contributed by atoms with Crippen LogP contribution < -0.4 is 10.0 Å². The van der Waals surface area contributed by atoms with Gasteiger partial charge in [0.2, 0.25) is 10.0 Å². The van der Waals surface area contributed by atoms with Crippen molar-refractivity contribution >= 4 is 15.7 Å². The predicted molar refractivity (Wildman–Crippen MR) is 75.7 cm³/mol. The first kappa shape index (κ1) is 14.2. The lowest BCUT2D eigenvalue weighted by atomic mass is 10.3. The summed E-state index contributed by atoms with van der Waals surface area (Å²) in [6.07, 6.45) is 1.60. The highest BCUT2D eigenvalue weighted by molar-refractivity contribution is 7.92. The fourth-order valence-corrected chi connectivity index (χ4v) is 3.11. The van der Waals surface area contributed by atoms with Gasteiger partial charge in [-0.1, -0.05) is 0 Å². The zero-order chi connectivity index (χ0) is 13.7. The molecule has 1 aromatic heterocycles. The average Bonchev–Trinajstić information content (AvgIpc) is 2.37. The highest BCUT2D eigenvalue weighted by Gasteiger charge is 2.15. The summed E-state index contributed by atoms with van der Waals surface area (Å²) in [5, 5.41) is 3.24. The van der Waals surface area contributed by atoms with E-state index in [9.17, 15) is 8.42 Å². The Bertz CT molecular complexity index is 512. The van der Waals surface area contributed by atoms with Gasteiger partial charge in [-0.3, -0.25) is 14.6 Å². The van der Waals surface area contributed by atoms with Crippen LogP contribution in [0.5, 0.6) is 0 Å². The molecule has 1 fully saturated rings. The Hall–Kier alpha value is -1.18. The van der Waals surface area contributed by atoms with E-state index in [1.807, 2.05) is 6.92 Å². The van der Waals surface area contributed by atoms with Gasteiger partial charge in [0.25, 0.3) is 0 Å². The van der Waals surface area contributed by atoms with Gasteiger partial charge in [0.15, 0.2) is 0 Å². The van der Waals surface area contributed by atoms with Crippen LogP contribution in [0, 0.1) is 6.92 Å². The third-order valence-electron chi connectivity index (χ3n) is 3.06. The molecule has 0 unspecified atom stereocenters. The van der Waals surface area contributed by atoms with Gasteiger partial charge in [-0.2, -0.15) is 0 Å². The molecule has 0 bridgehead atoms. The van der Waals surface area contributed by atoms with Crippen molar-refractivity contribution in [3.05, 3.63) is 24.0 Å². The lowest BCUT2D eigenvalue weighted by Gasteiger charge is -2.26. The zero-order valence-corrected chi connectivity index (χ0v) is 11.9. The number of piperazine rings is 1. The summed E-state index contributed by atoms with van der Waals surface area (Å²) in [4.78, 5) is 6.20. The molecule has 2 rings (SSSR count). The SMILES string of the molecule is Cc1cc(NS(=O)(=O)CCN2CCNCC2)ccn1. The topological polar surface area (TPSA) is 74.3 Å². The number of sulfonamides is 1. The number of rotatable bonds is 5. The van der Waals surface area contributed by atoms with E-state index in [-0.39, 0.29) is 5.75 Å². The second-order valence-corrected chi connectivity index (χ2v) is 6.54. The number of nitrogens with one attached hydrogen (secondary N) is 2. The number of hydrogen-bond acceptors (Lipinski definition) is 5. The van der Waals surface area contributed by atoms with E-state index in [0.717, 1.165) is 31.9 Å². The summed E-state index contributed by atoms with van der Waals surface area (Å²) in [5.41, 5.74) is 1.37. The molecule has 106 valence electrons. The summed E-state index contributed by atoms with van der Waals surface area (Å²) in [6, 6.07) is 3.39. The molecular formula is C12H20N4O2S. The molecular weight excluding hydrogens is 264 g/mol. The number of aryl methyl sites for hydroxylation is 1.